The highest BCUT2D eigenvalue weighted by atomic mass is 32.2. The number of nitrogens with zero attached hydrogens (tertiary/aromatic N) is 3. The van der Waals surface area contributed by atoms with Gasteiger partial charge in [0.1, 0.15) is 10.8 Å². The number of esters is 1. The van der Waals surface area contributed by atoms with E-state index in [1.165, 1.54) is 42.3 Å². The summed E-state index contributed by atoms with van der Waals surface area (Å²) < 4.78 is 20.1. The number of aryl methyl sites for hydroxylation is 1. The molecule has 0 unspecified atom stereocenters. The summed E-state index contributed by atoms with van der Waals surface area (Å²) in [5, 5.41) is 12.5. The molecule has 2 aromatic heterocycles. The molecule has 3 aromatic rings. The topological polar surface area (TPSA) is 86.1 Å². The fourth-order valence-corrected chi connectivity index (χ4v) is 5.85. The lowest BCUT2D eigenvalue weighted by molar-refractivity contribution is -0.113. The van der Waals surface area contributed by atoms with Crippen molar-refractivity contribution in [1.82, 2.24) is 14.8 Å². The largest absolute Gasteiger partial charge is 0.465 e. The fraction of sp³-hybridized carbons (Fsp3) is 0.364. The quantitative estimate of drug-likeness (QED) is 0.399. The van der Waals surface area contributed by atoms with Gasteiger partial charge in [0.05, 0.1) is 18.4 Å². The molecule has 1 aliphatic carbocycles. The Kier molecular flexibility index (Phi) is 6.90. The minimum absolute atomic E-state index is 0.116. The number of hydrogen-bond donors (Lipinski definition) is 1. The second-order valence-corrected chi connectivity index (χ2v) is 9.35. The van der Waals surface area contributed by atoms with Gasteiger partial charge in [-0.1, -0.05) is 11.8 Å². The summed E-state index contributed by atoms with van der Waals surface area (Å²) in [6.45, 7) is 2.56. The van der Waals surface area contributed by atoms with Gasteiger partial charge in [-0.3, -0.25) is 4.79 Å². The molecule has 0 bridgehead atoms. The van der Waals surface area contributed by atoms with Gasteiger partial charge < -0.3 is 14.6 Å². The second kappa shape index (κ2) is 9.83. The average molecular weight is 475 g/mol. The van der Waals surface area contributed by atoms with E-state index >= 15 is 0 Å². The SMILES string of the molecule is CCn1c(SCC(=O)Nc2sc3c(c2C(=O)OC)CCCC3)nnc1-c1ccc(F)cc1. The molecule has 7 nitrogen and oxygen atoms in total. The number of rotatable bonds is 7. The van der Waals surface area contributed by atoms with Crippen LogP contribution < -0.4 is 5.32 Å². The molecule has 2 heterocycles. The van der Waals surface area contributed by atoms with Crippen LogP contribution in [0.1, 0.15) is 40.6 Å². The van der Waals surface area contributed by atoms with Gasteiger partial charge in [-0.15, -0.1) is 21.5 Å². The Bertz CT molecular complexity index is 1140. The summed E-state index contributed by atoms with van der Waals surface area (Å²) in [5.41, 5.74) is 2.25. The van der Waals surface area contributed by atoms with E-state index in [1.807, 2.05) is 11.5 Å². The lowest BCUT2D eigenvalue weighted by Crippen LogP contribution is -2.17. The summed E-state index contributed by atoms with van der Waals surface area (Å²) in [5.74, 6) is -0.224. The number of thioether (sulfide) groups is 1. The number of amides is 1. The summed E-state index contributed by atoms with van der Waals surface area (Å²) in [4.78, 5) is 26.2. The van der Waals surface area contributed by atoms with Crippen molar-refractivity contribution in [2.75, 3.05) is 18.2 Å². The maximum absolute atomic E-state index is 13.2. The molecule has 10 heteroatoms. The highest BCUT2D eigenvalue weighted by Gasteiger charge is 2.27. The lowest BCUT2D eigenvalue weighted by Gasteiger charge is -2.11. The van der Waals surface area contributed by atoms with E-state index in [1.54, 1.807) is 12.1 Å². The number of carbonyl (C=O) groups excluding carboxylic acids is 2. The zero-order chi connectivity index (χ0) is 22.7. The van der Waals surface area contributed by atoms with Crippen LogP contribution in [0.15, 0.2) is 29.4 Å². The second-order valence-electron chi connectivity index (χ2n) is 7.30. The molecule has 0 aliphatic heterocycles. The molecular formula is C22H23FN4O3S2. The molecule has 0 atom stereocenters. The minimum atomic E-state index is -0.415. The Hall–Kier alpha value is -2.72. The van der Waals surface area contributed by atoms with Gasteiger partial charge in [0.15, 0.2) is 11.0 Å². The first-order valence-electron chi connectivity index (χ1n) is 10.4. The molecule has 0 saturated heterocycles. The molecular weight excluding hydrogens is 451 g/mol. The molecule has 168 valence electrons. The van der Waals surface area contributed by atoms with Crippen molar-refractivity contribution >= 4 is 40.0 Å². The molecule has 32 heavy (non-hydrogen) atoms. The molecule has 1 aliphatic rings. The molecule has 1 aromatic carbocycles. The van der Waals surface area contributed by atoms with Gasteiger partial charge >= 0.3 is 5.97 Å². The van der Waals surface area contributed by atoms with Crippen LogP contribution in [0.4, 0.5) is 9.39 Å². The van der Waals surface area contributed by atoms with Crippen molar-refractivity contribution in [3.63, 3.8) is 0 Å². The third kappa shape index (κ3) is 4.56. The normalized spacial score (nSPS) is 13.0. The number of halogens is 1. The minimum Gasteiger partial charge on any atom is -0.465 e. The first-order chi connectivity index (χ1) is 15.5. The Morgan fingerprint density at radius 3 is 2.69 bits per heavy atom. The van der Waals surface area contributed by atoms with Gasteiger partial charge in [0.25, 0.3) is 0 Å². The van der Waals surface area contributed by atoms with E-state index in [4.69, 9.17) is 4.74 Å². The zero-order valence-electron chi connectivity index (χ0n) is 17.8. The third-order valence-corrected chi connectivity index (χ3v) is 7.46. The number of fused-ring (bicyclic) bond motifs is 1. The van der Waals surface area contributed by atoms with Gasteiger partial charge in [0.2, 0.25) is 5.91 Å². The predicted octanol–water partition coefficient (Wildman–Crippen LogP) is 4.56. The summed E-state index contributed by atoms with van der Waals surface area (Å²) in [6, 6.07) is 6.06. The smallest absolute Gasteiger partial charge is 0.341 e. The van der Waals surface area contributed by atoms with Crippen molar-refractivity contribution in [2.45, 2.75) is 44.3 Å². The number of nitrogens with one attached hydrogen (secondary N) is 1. The van der Waals surface area contributed by atoms with E-state index in [2.05, 4.69) is 15.5 Å². The average Bonchev–Trinajstić information content (AvgIpc) is 3.38. The van der Waals surface area contributed by atoms with Crippen LogP contribution in [0, 0.1) is 5.82 Å². The predicted molar refractivity (Wildman–Crippen MR) is 123 cm³/mol. The Morgan fingerprint density at radius 1 is 1.22 bits per heavy atom. The van der Waals surface area contributed by atoms with E-state index < -0.39 is 5.97 Å². The summed E-state index contributed by atoms with van der Waals surface area (Å²) in [6.07, 6.45) is 3.85. The van der Waals surface area contributed by atoms with Crippen molar-refractivity contribution in [1.29, 1.82) is 0 Å². The van der Waals surface area contributed by atoms with Crippen LogP contribution in [0.2, 0.25) is 0 Å². The Labute approximate surface area is 193 Å². The first kappa shape index (κ1) is 22.5. The van der Waals surface area contributed by atoms with E-state index in [9.17, 15) is 14.0 Å². The third-order valence-electron chi connectivity index (χ3n) is 5.28. The fourth-order valence-electron chi connectivity index (χ4n) is 3.76. The number of carbonyl (C=O) groups is 2. The maximum Gasteiger partial charge on any atom is 0.341 e. The Morgan fingerprint density at radius 2 is 1.97 bits per heavy atom. The van der Waals surface area contributed by atoms with Gasteiger partial charge in [-0.2, -0.15) is 0 Å². The number of aromatic nitrogens is 3. The monoisotopic (exact) mass is 474 g/mol. The van der Waals surface area contributed by atoms with E-state index in [0.717, 1.165) is 41.7 Å². The van der Waals surface area contributed by atoms with Crippen LogP contribution in [-0.2, 0) is 28.9 Å². The van der Waals surface area contributed by atoms with Gasteiger partial charge in [0, 0.05) is 17.0 Å². The molecule has 0 radical (unpaired) electrons. The molecule has 0 saturated carbocycles. The van der Waals surface area contributed by atoms with Crippen LogP contribution in [0.5, 0.6) is 0 Å². The number of hydrogen-bond acceptors (Lipinski definition) is 7. The van der Waals surface area contributed by atoms with Crippen molar-refractivity contribution in [2.24, 2.45) is 0 Å². The number of benzene rings is 1. The van der Waals surface area contributed by atoms with E-state index in [-0.39, 0.29) is 17.5 Å². The molecule has 0 spiro atoms. The zero-order valence-corrected chi connectivity index (χ0v) is 19.4. The van der Waals surface area contributed by atoms with Crippen LogP contribution in [-0.4, -0.2) is 39.5 Å². The van der Waals surface area contributed by atoms with Crippen LogP contribution in [0.3, 0.4) is 0 Å². The summed E-state index contributed by atoms with van der Waals surface area (Å²) in [7, 11) is 1.35. The standard InChI is InChI=1S/C22H23FN4O3S2/c1-3-27-19(13-8-10-14(23)11-9-13)25-26-22(27)31-12-17(28)24-20-18(21(29)30-2)15-6-4-5-7-16(15)32-20/h8-11H,3-7,12H2,1-2H3,(H,24,28). The van der Waals surface area contributed by atoms with Crippen LogP contribution >= 0.6 is 23.1 Å². The van der Waals surface area contributed by atoms with Gasteiger partial charge in [-0.05, 0) is 62.4 Å². The molecule has 0 fully saturated rings. The summed E-state index contributed by atoms with van der Waals surface area (Å²) >= 11 is 2.72. The first-order valence-corrected chi connectivity index (χ1v) is 12.2. The molecule has 1 N–H and O–H groups in total. The highest BCUT2D eigenvalue weighted by molar-refractivity contribution is 7.99. The highest BCUT2D eigenvalue weighted by Crippen LogP contribution is 2.38. The number of ether oxygens (including phenoxy) is 1. The Balaban J connectivity index is 1.48. The lowest BCUT2D eigenvalue weighted by atomic mass is 9.95. The molecule has 4 rings (SSSR count). The van der Waals surface area contributed by atoms with Crippen LogP contribution in [0.25, 0.3) is 11.4 Å². The number of thiophene rings is 1. The van der Waals surface area contributed by atoms with E-state index in [0.29, 0.717) is 28.1 Å². The number of methoxy groups -OCH3 is 1. The van der Waals surface area contributed by atoms with Gasteiger partial charge in [-0.25, -0.2) is 9.18 Å². The maximum atomic E-state index is 13.2. The molecule has 1 amide bonds. The number of anilines is 1. The van der Waals surface area contributed by atoms with Crippen molar-refractivity contribution in [3.05, 3.63) is 46.1 Å². The van der Waals surface area contributed by atoms with Crippen molar-refractivity contribution < 1.29 is 18.7 Å². The van der Waals surface area contributed by atoms with Crippen molar-refractivity contribution in [3.8, 4) is 11.4 Å².